The van der Waals surface area contributed by atoms with Crippen LogP contribution in [0.3, 0.4) is 0 Å². The highest BCUT2D eigenvalue weighted by atomic mass is 32.1. The van der Waals surface area contributed by atoms with Gasteiger partial charge in [0.25, 0.3) is 11.5 Å². The molecule has 1 aliphatic heterocycles. The fourth-order valence-corrected chi connectivity index (χ4v) is 9.75. The Bertz CT molecular complexity index is 1200. The molecule has 1 amide bonds. The van der Waals surface area contributed by atoms with Crippen LogP contribution in [0.5, 0.6) is 0 Å². The van der Waals surface area contributed by atoms with E-state index in [0.717, 1.165) is 62.4 Å². The normalized spacial score (nSPS) is 34.3. The number of carbonyl (C=O) groups excluding carboxylic acids is 1. The summed E-state index contributed by atoms with van der Waals surface area (Å²) in [6.45, 7) is 8.56. The van der Waals surface area contributed by atoms with E-state index in [1.165, 1.54) is 37.0 Å². The van der Waals surface area contributed by atoms with Gasteiger partial charge in [-0.3, -0.25) is 14.2 Å². The van der Waals surface area contributed by atoms with E-state index in [1.807, 2.05) is 11.5 Å². The average molecular weight is 484 g/mol. The van der Waals surface area contributed by atoms with Crippen molar-refractivity contribution < 1.29 is 9.53 Å². The van der Waals surface area contributed by atoms with Crippen LogP contribution >= 0.6 is 11.3 Å². The molecule has 0 spiro atoms. The molecule has 0 saturated heterocycles. The minimum Gasteiger partial charge on any atom is -0.373 e. The first-order chi connectivity index (χ1) is 16.2. The predicted molar refractivity (Wildman–Crippen MR) is 135 cm³/mol. The zero-order valence-electron chi connectivity index (χ0n) is 20.8. The van der Waals surface area contributed by atoms with E-state index in [0.29, 0.717) is 39.1 Å². The largest absolute Gasteiger partial charge is 0.373 e. The Hall–Kier alpha value is -1.73. The summed E-state index contributed by atoms with van der Waals surface area (Å²) >= 11 is 1.35. The molecule has 0 aromatic carbocycles. The third-order valence-corrected chi connectivity index (χ3v) is 10.2. The highest BCUT2D eigenvalue weighted by Gasteiger charge is 2.60. The lowest BCUT2D eigenvalue weighted by molar-refractivity contribution is -0.213. The number of fused-ring (bicyclic) bond motifs is 2. The molecule has 2 aromatic heterocycles. The maximum absolute atomic E-state index is 13.2. The predicted octanol–water partition coefficient (Wildman–Crippen LogP) is 4.99. The Kier molecular flexibility index (Phi) is 5.27. The molecule has 5 aliphatic rings. The molecule has 184 valence electrons. The number of hydrogen-bond donors (Lipinski definition) is 1. The van der Waals surface area contributed by atoms with Crippen molar-refractivity contribution in [2.75, 3.05) is 13.2 Å². The highest BCUT2D eigenvalue weighted by Crippen LogP contribution is 2.67. The second-order valence-electron chi connectivity index (χ2n) is 12.4. The summed E-state index contributed by atoms with van der Waals surface area (Å²) < 4.78 is 8.40. The van der Waals surface area contributed by atoms with Gasteiger partial charge in [-0.2, -0.15) is 0 Å². The Morgan fingerprint density at radius 3 is 2.65 bits per heavy atom. The Morgan fingerprint density at radius 2 is 1.91 bits per heavy atom. The van der Waals surface area contributed by atoms with E-state index in [2.05, 4.69) is 19.2 Å². The molecule has 2 aromatic rings. The van der Waals surface area contributed by atoms with Crippen molar-refractivity contribution in [1.29, 1.82) is 0 Å². The summed E-state index contributed by atoms with van der Waals surface area (Å²) in [6.07, 6.45) is 11.6. The molecule has 4 bridgehead atoms. The Morgan fingerprint density at radius 1 is 1.15 bits per heavy atom. The van der Waals surface area contributed by atoms with Crippen LogP contribution in [0.25, 0.3) is 10.2 Å². The molecular formula is C27H37N3O3S. The second kappa shape index (κ2) is 7.89. The molecule has 2 unspecified atom stereocenters. The van der Waals surface area contributed by atoms with E-state index in [1.54, 1.807) is 0 Å². The summed E-state index contributed by atoms with van der Waals surface area (Å²) in [5.74, 6) is 1.55. The van der Waals surface area contributed by atoms with Crippen molar-refractivity contribution in [1.82, 2.24) is 14.9 Å². The molecule has 4 fully saturated rings. The topological polar surface area (TPSA) is 73.2 Å². The van der Waals surface area contributed by atoms with Gasteiger partial charge >= 0.3 is 0 Å². The monoisotopic (exact) mass is 483 g/mol. The quantitative estimate of drug-likeness (QED) is 0.608. The third kappa shape index (κ3) is 3.74. The molecule has 6 nitrogen and oxygen atoms in total. The number of rotatable bonds is 5. The van der Waals surface area contributed by atoms with Crippen LogP contribution in [0.15, 0.2) is 4.79 Å². The number of aromatic nitrogens is 2. The maximum Gasteiger partial charge on any atom is 0.262 e. The fourth-order valence-electron chi connectivity index (χ4n) is 8.64. The average Bonchev–Trinajstić information content (AvgIpc) is 2.90. The van der Waals surface area contributed by atoms with E-state index < -0.39 is 0 Å². The molecule has 7 rings (SSSR count). The number of ether oxygens (including phenoxy) is 1. The molecule has 34 heavy (non-hydrogen) atoms. The van der Waals surface area contributed by atoms with Crippen LogP contribution in [0, 0.1) is 23.7 Å². The molecule has 4 atom stereocenters. The van der Waals surface area contributed by atoms with Crippen molar-refractivity contribution >= 4 is 27.5 Å². The van der Waals surface area contributed by atoms with Crippen molar-refractivity contribution in [2.24, 2.45) is 16.7 Å². The van der Waals surface area contributed by atoms with Gasteiger partial charge in [0.05, 0.1) is 22.5 Å². The standard InChI is InChI=1S/C27H37N3O3S/c1-17-20-23(29-19-7-5-4-6-9-30(19)24(20)32)34-21(17)22(31)28-8-10-33-27-13-18-11-25(2,15-27)14-26(3,12-18)16-27/h18H,4-16H2,1-3H3,(H,28,31)/t18?,25-,26+,27?. The lowest BCUT2D eigenvalue weighted by Crippen LogP contribution is -2.59. The van der Waals surface area contributed by atoms with Gasteiger partial charge in [0.1, 0.15) is 10.7 Å². The number of nitrogens with zero attached hydrogens (tertiary/aromatic N) is 2. The van der Waals surface area contributed by atoms with Gasteiger partial charge in [0.15, 0.2) is 0 Å². The first-order valence-corrected chi connectivity index (χ1v) is 14.0. The van der Waals surface area contributed by atoms with Gasteiger partial charge in [-0.15, -0.1) is 11.3 Å². The van der Waals surface area contributed by atoms with Crippen molar-refractivity contribution in [3.05, 3.63) is 26.6 Å². The van der Waals surface area contributed by atoms with Gasteiger partial charge in [-0.05, 0) is 80.6 Å². The fraction of sp³-hybridized carbons (Fsp3) is 0.741. The number of amides is 1. The summed E-state index contributed by atoms with van der Waals surface area (Å²) in [7, 11) is 0. The molecule has 0 radical (unpaired) electrons. The van der Waals surface area contributed by atoms with E-state index in [4.69, 9.17) is 9.72 Å². The summed E-state index contributed by atoms with van der Waals surface area (Å²) in [5.41, 5.74) is 1.62. The van der Waals surface area contributed by atoms with E-state index in [9.17, 15) is 9.59 Å². The number of nitrogens with one attached hydrogen (secondary N) is 1. The third-order valence-electron chi connectivity index (χ3n) is 8.99. The molecule has 7 heteroatoms. The van der Waals surface area contributed by atoms with Crippen molar-refractivity contribution in [2.45, 2.75) is 97.1 Å². The first-order valence-electron chi connectivity index (χ1n) is 13.1. The Balaban J connectivity index is 1.14. The maximum atomic E-state index is 13.2. The molecule has 4 saturated carbocycles. The lowest BCUT2D eigenvalue weighted by atomic mass is 9.43. The first kappa shape index (κ1) is 22.7. The zero-order valence-corrected chi connectivity index (χ0v) is 21.6. The molecule has 3 heterocycles. The van der Waals surface area contributed by atoms with Gasteiger partial charge in [0, 0.05) is 19.5 Å². The summed E-state index contributed by atoms with van der Waals surface area (Å²) in [5, 5.41) is 3.68. The molecule has 1 N–H and O–H groups in total. The minimum absolute atomic E-state index is 0.00242. The summed E-state index contributed by atoms with van der Waals surface area (Å²) in [4.78, 5) is 32.3. The van der Waals surface area contributed by atoms with Crippen LogP contribution in [0.2, 0.25) is 0 Å². The Labute approximate surface area is 205 Å². The highest BCUT2D eigenvalue weighted by molar-refractivity contribution is 7.20. The van der Waals surface area contributed by atoms with Crippen LogP contribution in [-0.2, 0) is 17.7 Å². The lowest BCUT2D eigenvalue weighted by Gasteiger charge is -2.65. The minimum atomic E-state index is -0.117. The van der Waals surface area contributed by atoms with Gasteiger partial charge in [-0.25, -0.2) is 4.98 Å². The van der Waals surface area contributed by atoms with Gasteiger partial charge in [-0.1, -0.05) is 20.3 Å². The smallest absolute Gasteiger partial charge is 0.262 e. The van der Waals surface area contributed by atoms with Crippen LogP contribution in [0.4, 0.5) is 0 Å². The van der Waals surface area contributed by atoms with E-state index in [-0.39, 0.29) is 17.1 Å². The molecule has 4 aliphatic carbocycles. The van der Waals surface area contributed by atoms with Gasteiger partial charge in [0.2, 0.25) is 0 Å². The van der Waals surface area contributed by atoms with E-state index >= 15 is 0 Å². The SMILES string of the molecule is Cc1c(C(=O)NCCOC23CC4C[C@@](C)(C2)C[C@](C)(C4)C3)sc2nc3n(c(=O)c12)CCCCC3. The van der Waals surface area contributed by atoms with Crippen LogP contribution in [-0.4, -0.2) is 34.2 Å². The zero-order chi connectivity index (χ0) is 23.7. The second-order valence-corrected chi connectivity index (χ2v) is 13.4. The van der Waals surface area contributed by atoms with Crippen molar-refractivity contribution in [3.63, 3.8) is 0 Å². The van der Waals surface area contributed by atoms with Crippen molar-refractivity contribution in [3.8, 4) is 0 Å². The number of carbonyl (C=O) groups is 1. The molecular weight excluding hydrogens is 446 g/mol. The number of thiophene rings is 1. The van der Waals surface area contributed by atoms with Crippen LogP contribution < -0.4 is 10.9 Å². The van der Waals surface area contributed by atoms with Crippen LogP contribution in [0.1, 0.15) is 92.7 Å². The number of hydrogen-bond acceptors (Lipinski definition) is 5. The number of aryl methyl sites for hydroxylation is 2. The van der Waals surface area contributed by atoms with Gasteiger partial charge < -0.3 is 10.1 Å². The summed E-state index contributed by atoms with van der Waals surface area (Å²) in [6, 6.07) is 0.